The minimum atomic E-state index is -0.551. The van der Waals surface area contributed by atoms with Crippen LogP contribution >= 0.6 is 0 Å². The van der Waals surface area contributed by atoms with Crippen LogP contribution in [0.3, 0.4) is 0 Å². The van der Waals surface area contributed by atoms with Crippen LogP contribution in [0.1, 0.15) is 44.5 Å². The lowest BCUT2D eigenvalue weighted by molar-refractivity contribution is 0.768. The van der Waals surface area contributed by atoms with E-state index in [9.17, 15) is 0 Å². The van der Waals surface area contributed by atoms with Gasteiger partial charge >= 0.3 is 0 Å². The third kappa shape index (κ3) is 6.34. The van der Waals surface area contributed by atoms with Crippen molar-refractivity contribution in [3.05, 3.63) is 348 Å². The van der Waals surface area contributed by atoms with Gasteiger partial charge in [0.25, 0.3) is 0 Å². The Kier molecular flexibility index (Phi) is 10.0. The summed E-state index contributed by atoms with van der Waals surface area (Å²) in [6.45, 7) is 0. The molecule has 2 nitrogen and oxygen atoms in total. The number of hydrogen-bond acceptors (Lipinski definition) is 1. The fourth-order valence-electron chi connectivity index (χ4n) is 13.5. The van der Waals surface area contributed by atoms with Crippen molar-refractivity contribution in [2.75, 3.05) is 4.90 Å². The van der Waals surface area contributed by atoms with Crippen molar-refractivity contribution in [2.24, 2.45) is 0 Å². The Morgan fingerprint density at radius 2 is 0.737 bits per heavy atom. The average Bonchev–Trinajstić information content (AvgIpc) is 4.19. The molecule has 12 aromatic carbocycles. The number of hydrogen-bond donors (Lipinski definition) is 0. The molecule has 13 aromatic rings. The molecule has 0 bridgehead atoms. The summed E-state index contributed by atoms with van der Waals surface area (Å²) in [7, 11) is 0. The van der Waals surface area contributed by atoms with E-state index in [-0.39, 0.29) is 0 Å². The highest BCUT2D eigenvalue weighted by Crippen LogP contribution is 2.61. The zero-order valence-electron chi connectivity index (χ0n) is 41.8. The van der Waals surface area contributed by atoms with Crippen LogP contribution in [0, 0.1) is 0 Å². The summed E-state index contributed by atoms with van der Waals surface area (Å²) < 4.78 is 2.38. The highest BCUT2D eigenvalue weighted by molar-refractivity contribution is 6.10. The largest absolute Gasteiger partial charge is 0.310 e. The molecule has 0 atom stereocenters. The third-order valence-corrected chi connectivity index (χ3v) is 16.5. The van der Waals surface area contributed by atoms with Crippen molar-refractivity contribution >= 4 is 38.9 Å². The molecule has 0 amide bonds. The SMILES string of the molecule is c1ccc(-n2c3ccccc3c3cc(-c4ccc(N(c5ccc6c(c5)-c5ccccc5C6(c5ccccc5)c5ccccc5)c5cccc6c5-c5ccccc5C6(c5ccccc5)c5ccccc5)cc4)ccc32)cc1. The second kappa shape index (κ2) is 17.4. The average molecular weight is 967 g/mol. The highest BCUT2D eigenvalue weighted by Gasteiger charge is 2.49. The summed E-state index contributed by atoms with van der Waals surface area (Å²) in [5.41, 5.74) is 23.2. The Hall–Kier alpha value is -9.76. The highest BCUT2D eigenvalue weighted by atomic mass is 15.1. The normalized spacial score (nSPS) is 13.5. The van der Waals surface area contributed by atoms with Crippen LogP contribution in [-0.2, 0) is 10.8 Å². The molecular weight excluding hydrogens is 917 g/mol. The summed E-state index contributed by atoms with van der Waals surface area (Å²) >= 11 is 0. The number of benzene rings is 12. The Bertz CT molecular complexity index is 4230. The fraction of sp³-hybridized carbons (Fsp3) is 0.0270. The van der Waals surface area contributed by atoms with Crippen molar-refractivity contribution in [2.45, 2.75) is 10.8 Å². The number of aromatic nitrogens is 1. The summed E-state index contributed by atoms with van der Waals surface area (Å²) in [6, 6.07) is 113. The van der Waals surface area contributed by atoms with E-state index in [1.165, 1.54) is 94.1 Å². The molecule has 0 saturated carbocycles. The Morgan fingerprint density at radius 1 is 0.276 bits per heavy atom. The topological polar surface area (TPSA) is 8.17 Å². The van der Waals surface area contributed by atoms with Gasteiger partial charge in [0.15, 0.2) is 0 Å². The summed E-state index contributed by atoms with van der Waals surface area (Å²) in [5, 5.41) is 2.48. The lowest BCUT2D eigenvalue weighted by Gasteiger charge is -2.35. The van der Waals surface area contributed by atoms with Crippen molar-refractivity contribution in [1.29, 1.82) is 0 Å². The number of nitrogens with zero attached hydrogens (tertiary/aromatic N) is 2. The Morgan fingerprint density at radius 3 is 1.37 bits per heavy atom. The van der Waals surface area contributed by atoms with E-state index in [4.69, 9.17) is 0 Å². The van der Waals surface area contributed by atoms with Crippen LogP contribution in [0.15, 0.2) is 303 Å². The number of fused-ring (bicyclic) bond motifs is 9. The molecule has 0 fully saturated rings. The van der Waals surface area contributed by atoms with Gasteiger partial charge in [-0.15, -0.1) is 0 Å². The molecule has 0 radical (unpaired) electrons. The summed E-state index contributed by atoms with van der Waals surface area (Å²) in [5.74, 6) is 0. The molecule has 0 aliphatic heterocycles. The maximum Gasteiger partial charge on any atom is 0.0714 e. The quantitative estimate of drug-likeness (QED) is 0.140. The van der Waals surface area contributed by atoms with E-state index in [1.54, 1.807) is 0 Å². The zero-order valence-corrected chi connectivity index (χ0v) is 41.8. The van der Waals surface area contributed by atoms with Gasteiger partial charge in [0.2, 0.25) is 0 Å². The molecule has 356 valence electrons. The zero-order chi connectivity index (χ0) is 50.2. The molecule has 0 unspecified atom stereocenters. The van der Waals surface area contributed by atoms with Crippen LogP contribution in [0.4, 0.5) is 17.1 Å². The van der Waals surface area contributed by atoms with E-state index < -0.39 is 10.8 Å². The van der Waals surface area contributed by atoms with Gasteiger partial charge in [-0.25, -0.2) is 0 Å². The molecule has 76 heavy (non-hydrogen) atoms. The van der Waals surface area contributed by atoms with Crippen LogP contribution in [0.5, 0.6) is 0 Å². The second-order valence-corrected chi connectivity index (χ2v) is 20.3. The van der Waals surface area contributed by atoms with E-state index in [2.05, 4.69) is 313 Å². The van der Waals surface area contributed by atoms with Gasteiger partial charge in [0.05, 0.1) is 27.6 Å². The first-order valence-electron chi connectivity index (χ1n) is 26.4. The van der Waals surface area contributed by atoms with Gasteiger partial charge in [0.1, 0.15) is 0 Å². The standard InChI is InChI=1S/C74H50N2/c1-6-23-53(24-7-1)73(54-25-8-2-9-26-54)65-36-19-16-33-60(65)63-50-59(46-47-67(63)73)75(58-44-41-51(42-45-58)52-43-48-70-64(49-52)61-34-18-21-39-69(61)76(70)57-31-14-5-15-32-57)71-40-22-38-68-72(71)62-35-17-20-37-66(62)74(68,55-27-10-3-11-28-55)56-29-12-4-13-30-56/h1-50H. The maximum absolute atomic E-state index is 2.52. The maximum atomic E-state index is 2.52. The lowest BCUT2D eigenvalue weighted by atomic mass is 9.67. The van der Waals surface area contributed by atoms with Crippen LogP contribution in [0.25, 0.3) is 60.9 Å². The van der Waals surface area contributed by atoms with Gasteiger partial charge in [-0.1, -0.05) is 243 Å². The monoisotopic (exact) mass is 966 g/mol. The number of rotatable bonds is 9. The van der Waals surface area contributed by atoms with E-state index in [0.29, 0.717) is 0 Å². The summed E-state index contributed by atoms with van der Waals surface area (Å²) in [4.78, 5) is 2.52. The number of para-hydroxylation sites is 2. The van der Waals surface area contributed by atoms with Crippen molar-refractivity contribution < 1.29 is 0 Å². The molecule has 0 saturated heterocycles. The van der Waals surface area contributed by atoms with Gasteiger partial charge < -0.3 is 9.47 Å². The van der Waals surface area contributed by atoms with E-state index in [1.807, 2.05) is 0 Å². The number of anilines is 3. The van der Waals surface area contributed by atoms with Gasteiger partial charge in [-0.3, -0.25) is 0 Å². The van der Waals surface area contributed by atoms with Gasteiger partial charge in [-0.05, 0) is 133 Å². The molecule has 0 N–H and O–H groups in total. The predicted octanol–water partition coefficient (Wildman–Crippen LogP) is 18.6. The lowest BCUT2D eigenvalue weighted by Crippen LogP contribution is -2.28. The minimum Gasteiger partial charge on any atom is -0.310 e. The van der Waals surface area contributed by atoms with Crippen LogP contribution in [0.2, 0.25) is 0 Å². The van der Waals surface area contributed by atoms with Crippen LogP contribution < -0.4 is 4.90 Å². The molecule has 2 heteroatoms. The predicted molar refractivity (Wildman–Crippen MR) is 316 cm³/mol. The second-order valence-electron chi connectivity index (χ2n) is 20.3. The first-order valence-corrected chi connectivity index (χ1v) is 26.4. The molecule has 1 aromatic heterocycles. The first-order chi connectivity index (χ1) is 37.7. The van der Waals surface area contributed by atoms with Gasteiger partial charge in [-0.2, -0.15) is 0 Å². The van der Waals surface area contributed by atoms with Crippen molar-refractivity contribution in [1.82, 2.24) is 4.57 Å². The molecule has 15 rings (SSSR count). The van der Waals surface area contributed by atoms with E-state index >= 15 is 0 Å². The summed E-state index contributed by atoms with van der Waals surface area (Å²) in [6.07, 6.45) is 0. The smallest absolute Gasteiger partial charge is 0.0714 e. The van der Waals surface area contributed by atoms with E-state index in [0.717, 1.165) is 28.3 Å². The first kappa shape index (κ1) is 43.8. The van der Waals surface area contributed by atoms with Crippen LogP contribution in [-0.4, -0.2) is 4.57 Å². The minimum absolute atomic E-state index is 0.508. The fourth-order valence-corrected chi connectivity index (χ4v) is 13.5. The van der Waals surface area contributed by atoms with Crippen molar-refractivity contribution in [3.8, 4) is 39.1 Å². The molecule has 2 aliphatic carbocycles. The van der Waals surface area contributed by atoms with Crippen molar-refractivity contribution in [3.63, 3.8) is 0 Å². The van der Waals surface area contributed by atoms with Gasteiger partial charge in [0, 0.05) is 33.4 Å². The Balaban J connectivity index is 0.960. The molecular formula is C74H50N2. The third-order valence-electron chi connectivity index (χ3n) is 16.5. The molecule has 0 spiro atoms. The Labute approximate surface area is 443 Å². The molecule has 2 aliphatic rings. The molecule has 1 heterocycles.